The van der Waals surface area contributed by atoms with E-state index in [1.54, 1.807) is 18.3 Å². The Bertz CT molecular complexity index is 1030. The molecule has 2 heterocycles. The van der Waals surface area contributed by atoms with Crippen LogP contribution in [0, 0.1) is 16.6 Å². The number of allylic oxidation sites excluding steroid dienone is 2. The summed E-state index contributed by atoms with van der Waals surface area (Å²) < 4.78 is 15.3. The Morgan fingerprint density at radius 2 is 2.10 bits per heavy atom. The maximum absolute atomic E-state index is 13.3. The van der Waals surface area contributed by atoms with Gasteiger partial charge in [0.1, 0.15) is 11.6 Å². The summed E-state index contributed by atoms with van der Waals surface area (Å²) in [6.45, 7) is 6.12. The van der Waals surface area contributed by atoms with Crippen molar-refractivity contribution in [2.24, 2.45) is 12.5 Å². The molecule has 3 N–H and O–H groups in total. The number of hydrogen-bond acceptors (Lipinski definition) is 5. The maximum atomic E-state index is 13.3. The van der Waals surface area contributed by atoms with Crippen LogP contribution in [-0.4, -0.2) is 40.9 Å². The van der Waals surface area contributed by atoms with Crippen LogP contribution in [-0.2, 0) is 7.05 Å². The van der Waals surface area contributed by atoms with Crippen LogP contribution in [0.5, 0.6) is 0 Å². The van der Waals surface area contributed by atoms with Crippen LogP contribution >= 0.6 is 0 Å². The zero-order chi connectivity index (χ0) is 21.3. The van der Waals surface area contributed by atoms with Gasteiger partial charge in [0.25, 0.3) is 0 Å². The molecule has 0 bridgehead atoms. The second kappa shape index (κ2) is 8.01. The molecule has 1 unspecified atom stereocenters. The van der Waals surface area contributed by atoms with Gasteiger partial charge in [0, 0.05) is 55.5 Å². The lowest BCUT2D eigenvalue weighted by atomic mass is 9.64. The number of benzene rings is 1. The third-order valence-electron chi connectivity index (χ3n) is 6.17. The van der Waals surface area contributed by atoms with Crippen molar-refractivity contribution in [1.29, 1.82) is 5.41 Å². The summed E-state index contributed by atoms with van der Waals surface area (Å²) in [5, 5.41) is 13.7. The van der Waals surface area contributed by atoms with Crippen LogP contribution in [0.2, 0.25) is 0 Å². The molecule has 1 fully saturated rings. The Labute approximate surface area is 176 Å². The van der Waals surface area contributed by atoms with Gasteiger partial charge in [-0.25, -0.2) is 14.4 Å². The van der Waals surface area contributed by atoms with E-state index in [2.05, 4.69) is 33.4 Å². The minimum Gasteiger partial charge on any atom is -0.355 e. The van der Waals surface area contributed by atoms with Crippen molar-refractivity contribution < 1.29 is 4.39 Å². The number of halogens is 1. The highest BCUT2D eigenvalue weighted by Crippen LogP contribution is 2.51. The first-order valence-electron chi connectivity index (χ1n) is 10.0. The van der Waals surface area contributed by atoms with Gasteiger partial charge < -0.3 is 15.3 Å². The minimum absolute atomic E-state index is 0.270. The molecular formula is C23H27FN6. The Balaban J connectivity index is 1.75. The number of nitrogens with one attached hydrogen (secondary N) is 3. The first-order chi connectivity index (χ1) is 14.5. The van der Waals surface area contributed by atoms with E-state index in [1.807, 2.05) is 24.9 Å². The lowest BCUT2D eigenvalue weighted by molar-refractivity contribution is 0.130. The quantitative estimate of drug-likeness (QED) is 0.639. The molecular weight excluding hydrogens is 379 g/mol. The average molecular weight is 407 g/mol. The van der Waals surface area contributed by atoms with Crippen molar-refractivity contribution in [2.75, 3.05) is 25.5 Å². The SMILES string of the molecule is C=C(c1nccn1C)C12CC(C=N)=C(Nc3ccc(F)cc3)C=C1CCN(NC)C2. The number of hydrazine groups is 1. The standard InChI is InChI=1S/C23H27FN6/c1-16(22-27-9-11-29(22)3)23-13-17(14-25)21(28-20-6-4-19(24)5-7-20)12-18(23)8-10-30(15-23)26-2/h4-7,9,11-12,14,25-26,28H,1,8,10,13,15H2,2-3H3. The number of fused-ring (bicyclic) bond motifs is 1. The fraction of sp³-hybridized carbons (Fsp3) is 0.304. The van der Waals surface area contributed by atoms with Gasteiger partial charge in [0.2, 0.25) is 0 Å². The monoisotopic (exact) mass is 406 g/mol. The molecule has 1 aromatic heterocycles. The Morgan fingerprint density at radius 3 is 2.73 bits per heavy atom. The van der Waals surface area contributed by atoms with E-state index in [0.29, 0.717) is 6.42 Å². The molecule has 0 amide bonds. The molecule has 2 aromatic rings. The largest absolute Gasteiger partial charge is 0.355 e. The number of aromatic nitrogens is 2. The summed E-state index contributed by atoms with van der Waals surface area (Å²) in [6.07, 6.45) is 8.80. The number of aryl methyl sites for hydroxylation is 1. The minimum atomic E-state index is -0.346. The highest BCUT2D eigenvalue weighted by atomic mass is 19.1. The van der Waals surface area contributed by atoms with Crippen molar-refractivity contribution in [1.82, 2.24) is 20.0 Å². The summed E-state index contributed by atoms with van der Waals surface area (Å²) in [5.74, 6) is 0.590. The van der Waals surface area contributed by atoms with Crippen molar-refractivity contribution >= 4 is 17.5 Å². The van der Waals surface area contributed by atoms with Crippen LogP contribution in [0.4, 0.5) is 10.1 Å². The molecule has 1 atom stereocenters. The lowest BCUT2D eigenvalue weighted by Crippen LogP contribution is -2.51. The van der Waals surface area contributed by atoms with Crippen molar-refractivity contribution in [3.8, 4) is 0 Å². The molecule has 7 heteroatoms. The lowest BCUT2D eigenvalue weighted by Gasteiger charge is -2.48. The normalized spacial score (nSPS) is 21.8. The summed E-state index contributed by atoms with van der Waals surface area (Å²) in [5.41, 5.74) is 7.73. The molecule has 1 aliphatic carbocycles. The average Bonchev–Trinajstić information content (AvgIpc) is 3.19. The molecule has 2 aliphatic rings. The van der Waals surface area contributed by atoms with Gasteiger partial charge in [-0.3, -0.25) is 5.43 Å². The molecule has 0 radical (unpaired) electrons. The highest BCUT2D eigenvalue weighted by molar-refractivity contribution is 5.83. The molecule has 0 spiro atoms. The van der Waals surface area contributed by atoms with Crippen molar-refractivity contribution in [2.45, 2.75) is 12.8 Å². The molecule has 156 valence electrons. The van der Waals surface area contributed by atoms with E-state index >= 15 is 0 Å². The van der Waals surface area contributed by atoms with E-state index in [9.17, 15) is 4.39 Å². The predicted molar refractivity (Wildman–Crippen MR) is 118 cm³/mol. The Morgan fingerprint density at radius 1 is 1.33 bits per heavy atom. The molecule has 1 aromatic carbocycles. The topological polar surface area (TPSA) is 69.0 Å². The number of imidazole rings is 1. The second-order valence-corrected chi connectivity index (χ2v) is 7.88. The first kappa shape index (κ1) is 20.3. The smallest absolute Gasteiger partial charge is 0.135 e. The zero-order valence-corrected chi connectivity index (χ0v) is 17.4. The third kappa shape index (κ3) is 3.51. The van der Waals surface area contributed by atoms with E-state index in [0.717, 1.165) is 47.9 Å². The molecule has 1 aliphatic heterocycles. The van der Waals surface area contributed by atoms with E-state index in [-0.39, 0.29) is 11.2 Å². The fourth-order valence-electron chi connectivity index (χ4n) is 4.46. The van der Waals surface area contributed by atoms with Crippen LogP contribution in [0.3, 0.4) is 0 Å². The van der Waals surface area contributed by atoms with Crippen LogP contribution in [0.25, 0.3) is 5.57 Å². The molecule has 0 saturated carbocycles. The van der Waals surface area contributed by atoms with Crippen LogP contribution in [0.15, 0.2) is 66.2 Å². The predicted octanol–water partition coefficient (Wildman–Crippen LogP) is 3.74. The van der Waals surface area contributed by atoms with Gasteiger partial charge in [0.05, 0.1) is 0 Å². The number of piperidine rings is 1. The van der Waals surface area contributed by atoms with Gasteiger partial charge in [-0.05, 0) is 61.4 Å². The molecule has 30 heavy (non-hydrogen) atoms. The molecule has 1 saturated heterocycles. The fourth-order valence-corrected chi connectivity index (χ4v) is 4.46. The van der Waals surface area contributed by atoms with E-state index < -0.39 is 0 Å². The zero-order valence-electron chi connectivity index (χ0n) is 17.4. The summed E-state index contributed by atoms with van der Waals surface area (Å²) in [7, 11) is 3.91. The van der Waals surface area contributed by atoms with Gasteiger partial charge in [-0.1, -0.05) is 12.2 Å². The van der Waals surface area contributed by atoms with Gasteiger partial charge in [-0.2, -0.15) is 0 Å². The Kier molecular flexibility index (Phi) is 5.40. The summed E-state index contributed by atoms with van der Waals surface area (Å²) in [6, 6.07) is 6.28. The van der Waals surface area contributed by atoms with Crippen LogP contribution < -0.4 is 10.7 Å². The van der Waals surface area contributed by atoms with E-state index in [1.165, 1.54) is 23.9 Å². The van der Waals surface area contributed by atoms with E-state index in [4.69, 9.17) is 5.41 Å². The number of nitrogens with zero attached hydrogens (tertiary/aromatic N) is 3. The van der Waals surface area contributed by atoms with Gasteiger partial charge in [-0.15, -0.1) is 0 Å². The number of rotatable bonds is 6. The second-order valence-electron chi connectivity index (χ2n) is 7.88. The first-order valence-corrected chi connectivity index (χ1v) is 10.0. The van der Waals surface area contributed by atoms with Crippen molar-refractivity contribution in [3.63, 3.8) is 0 Å². The van der Waals surface area contributed by atoms with Gasteiger partial charge in [0.15, 0.2) is 0 Å². The van der Waals surface area contributed by atoms with Gasteiger partial charge >= 0.3 is 0 Å². The Hall–Kier alpha value is -3.03. The number of hydrogen-bond donors (Lipinski definition) is 3. The maximum Gasteiger partial charge on any atom is 0.135 e. The summed E-state index contributed by atoms with van der Waals surface area (Å²) in [4.78, 5) is 4.55. The van der Waals surface area contributed by atoms with Crippen LogP contribution in [0.1, 0.15) is 18.7 Å². The molecule has 6 nitrogen and oxygen atoms in total. The van der Waals surface area contributed by atoms with Crippen molar-refractivity contribution in [3.05, 3.63) is 77.8 Å². The third-order valence-corrected chi connectivity index (χ3v) is 6.17. The summed E-state index contributed by atoms with van der Waals surface area (Å²) >= 11 is 0. The molecule has 4 rings (SSSR count). The highest BCUT2D eigenvalue weighted by Gasteiger charge is 2.45. The number of anilines is 1.